The van der Waals surface area contributed by atoms with Crippen LogP contribution in [0.1, 0.15) is 34.7 Å². The van der Waals surface area contributed by atoms with Gasteiger partial charge in [0.1, 0.15) is 5.82 Å². The van der Waals surface area contributed by atoms with Gasteiger partial charge in [-0.1, -0.05) is 0 Å². The molecular weight excluding hydrogens is 224 g/mol. The lowest BCUT2D eigenvalue weighted by Gasteiger charge is -2.23. The number of carbonyl (C=O) groups excluding carboxylic acids is 1. The molecule has 1 aromatic heterocycles. The Morgan fingerprint density at radius 1 is 1.62 bits per heavy atom. The lowest BCUT2D eigenvalue weighted by Crippen LogP contribution is -2.20. The summed E-state index contributed by atoms with van der Waals surface area (Å²) in [5.41, 5.74) is 1.18. The number of ether oxygens (including phenoxy) is 1. The Kier molecular flexibility index (Phi) is 3.43. The number of hydrogen-bond donors (Lipinski definition) is 0. The predicted octanol–water partition coefficient (Wildman–Crippen LogP) is 1.79. The van der Waals surface area contributed by atoms with Gasteiger partial charge >= 0.3 is 5.97 Å². The van der Waals surface area contributed by atoms with Crippen molar-refractivity contribution in [1.29, 1.82) is 0 Å². The monoisotopic (exact) mass is 238 g/mol. The summed E-state index contributed by atoms with van der Waals surface area (Å²) in [7, 11) is 0. The molecule has 0 aliphatic carbocycles. The second-order valence-corrected chi connectivity index (χ2v) is 4.76. The van der Waals surface area contributed by atoms with Crippen LogP contribution in [0.4, 0.5) is 0 Å². The van der Waals surface area contributed by atoms with E-state index in [0.29, 0.717) is 23.8 Å². The van der Waals surface area contributed by atoms with Gasteiger partial charge in [-0.2, -0.15) is 11.8 Å². The van der Waals surface area contributed by atoms with Crippen LogP contribution in [-0.4, -0.2) is 34.0 Å². The van der Waals surface area contributed by atoms with E-state index in [4.69, 9.17) is 4.74 Å². The molecule has 5 heteroatoms. The molecule has 0 N–H and O–H groups in total. The summed E-state index contributed by atoms with van der Waals surface area (Å²) >= 11 is 1.89. The van der Waals surface area contributed by atoms with E-state index in [2.05, 4.69) is 9.97 Å². The number of aryl methyl sites for hydroxylation is 1. The van der Waals surface area contributed by atoms with E-state index in [-0.39, 0.29) is 5.97 Å². The molecule has 0 amide bonds. The average Bonchev–Trinajstić information content (AvgIpc) is 2.15. The zero-order chi connectivity index (χ0) is 11.5. The molecule has 4 nitrogen and oxygen atoms in total. The van der Waals surface area contributed by atoms with E-state index < -0.39 is 0 Å². The van der Waals surface area contributed by atoms with Gasteiger partial charge in [0.2, 0.25) is 0 Å². The Labute approximate surface area is 98.8 Å². The van der Waals surface area contributed by atoms with Gasteiger partial charge in [-0.15, -0.1) is 0 Å². The van der Waals surface area contributed by atoms with Crippen LogP contribution in [0.3, 0.4) is 0 Å². The van der Waals surface area contributed by atoms with Crippen molar-refractivity contribution in [2.45, 2.75) is 19.8 Å². The van der Waals surface area contributed by atoms with E-state index in [1.807, 2.05) is 18.7 Å². The summed E-state index contributed by atoms with van der Waals surface area (Å²) in [5.74, 6) is 3.13. The third-order valence-electron chi connectivity index (χ3n) is 2.50. The topological polar surface area (TPSA) is 52.1 Å². The first-order valence-corrected chi connectivity index (χ1v) is 6.46. The maximum absolute atomic E-state index is 11.5. The smallest absolute Gasteiger partial charge is 0.341 e. The third kappa shape index (κ3) is 2.19. The maximum atomic E-state index is 11.5. The first-order valence-electron chi connectivity index (χ1n) is 5.30. The molecule has 0 spiro atoms. The molecular formula is C11H14N2O2S. The molecule has 0 atom stereocenters. The fourth-order valence-electron chi connectivity index (χ4n) is 1.48. The molecule has 2 heterocycles. The molecule has 1 aromatic rings. The molecule has 0 bridgehead atoms. The number of hydrogen-bond acceptors (Lipinski definition) is 5. The van der Waals surface area contributed by atoms with Gasteiger partial charge in [-0.25, -0.2) is 14.8 Å². The Hall–Kier alpha value is -1.10. The average molecular weight is 238 g/mol. The zero-order valence-corrected chi connectivity index (χ0v) is 10.2. The first-order chi connectivity index (χ1) is 7.72. The maximum Gasteiger partial charge on any atom is 0.341 e. The minimum Gasteiger partial charge on any atom is -0.462 e. The van der Waals surface area contributed by atoms with Crippen LogP contribution in [-0.2, 0) is 4.74 Å². The van der Waals surface area contributed by atoms with Crippen LogP contribution in [0.2, 0.25) is 0 Å². The van der Waals surface area contributed by atoms with Crippen molar-refractivity contribution in [1.82, 2.24) is 9.97 Å². The van der Waals surface area contributed by atoms with Crippen LogP contribution in [0, 0.1) is 6.92 Å². The predicted molar refractivity (Wildman–Crippen MR) is 62.8 cm³/mol. The van der Waals surface area contributed by atoms with E-state index >= 15 is 0 Å². The van der Waals surface area contributed by atoms with Gasteiger partial charge in [-0.05, 0) is 13.8 Å². The summed E-state index contributed by atoms with van der Waals surface area (Å²) < 4.78 is 4.93. The number of rotatable bonds is 3. The summed E-state index contributed by atoms with van der Waals surface area (Å²) in [6.45, 7) is 3.98. The Morgan fingerprint density at radius 2 is 2.38 bits per heavy atom. The van der Waals surface area contributed by atoms with E-state index in [1.54, 1.807) is 13.1 Å². The van der Waals surface area contributed by atoms with Gasteiger partial charge < -0.3 is 4.74 Å². The number of thioether (sulfide) groups is 1. The molecule has 1 aliphatic heterocycles. The molecule has 1 aliphatic rings. The van der Waals surface area contributed by atoms with Crippen LogP contribution in [0.25, 0.3) is 0 Å². The highest BCUT2D eigenvalue weighted by molar-refractivity contribution is 8.00. The van der Waals surface area contributed by atoms with Gasteiger partial charge in [0.15, 0.2) is 0 Å². The van der Waals surface area contributed by atoms with Crippen LogP contribution >= 0.6 is 11.8 Å². The largest absolute Gasteiger partial charge is 0.462 e. The molecule has 86 valence electrons. The van der Waals surface area contributed by atoms with Crippen molar-refractivity contribution < 1.29 is 9.53 Å². The number of nitrogens with zero attached hydrogens (tertiary/aromatic N) is 2. The first kappa shape index (κ1) is 11.4. The Morgan fingerprint density at radius 3 is 2.88 bits per heavy atom. The molecule has 0 aromatic carbocycles. The van der Waals surface area contributed by atoms with Crippen LogP contribution in [0.5, 0.6) is 0 Å². The molecule has 2 rings (SSSR count). The van der Waals surface area contributed by atoms with Crippen LogP contribution < -0.4 is 0 Å². The summed E-state index contributed by atoms with van der Waals surface area (Å²) in [5, 5.41) is 0. The van der Waals surface area contributed by atoms with Crippen molar-refractivity contribution in [3.05, 3.63) is 23.3 Å². The van der Waals surface area contributed by atoms with E-state index in [1.165, 1.54) is 0 Å². The van der Waals surface area contributed by atoms with Gasteiger partial charge in [-0.3, -0.25) is 0 Å². The summed E-state index contributed by atoms with van der Waals surface area (Å²) in [6, 6.07) is 0. The molecule has 1 saturated heterocycles. The fourth-order valence-corrected chi connectivity index (χ4v) is 2.25. The second-order valence-electron chi connectivity index (χ2n) is 3.68. The lowest BCUT2D eigenvalue weighted by atomic mass is 10.1. The SMILES string of the molecule is CCOC(=O)c1cnc(C2CSC2)nc1C. The summed E-state index contributed by atoms with van der Waals surface area (Å²) in [4.78, 5) is 20.1. The van der Waals surface area contributed by atoms with Crippen molar-refractivity contribution in [2.24, 2.45) is 0 Å². The van der Waals surface area contributed by atoms with Gasteiger partial charge in [0.05, 0.1) is 17.9 Å². The lowest BCUT2D eigenvalue weighted by molar-refractivity contribution is 0.0524. The quantitative estimate of drug-likeness (QED) is 0.751. The van der Waals surface area contributed by atoms with Crippen LogP contribution in [0.15, 0.2) is 6.20 Å². The standard InChI is InChI=1S/C11H14N2O2S/c1-3-15-11(14)9-4-12-10(13-7(9)2)8-5-16-6-8/h4,8H,3,5-6H2,1-2H3. The highest BCUT2D eigenvalue weighted by Crippen LogP contribution is 2.31. The van der Waals surface area contributed by atoms with Gasteiger partial charge in [0.25, 0.3) is 0 Å². The zero-order valence-electron chi connectivity index (χ0n) is 9.40. The minimum absolute atomic E-state index is 0.338. The molecule has 0 radical (unpaired) electrons. The number of carbonyl (C=O) groups is 1. The highest BCUT2D eigenvalue weighted by atomic mass is 32.2. The van der Waals surface area contributed by atoms with Crippen molar-refractivity contribution >= 4 is 17.7 Å². The number of esters is 1. The van der Waals surface area contributed by atoms with Gasteiger partial charge in [0, 0.05) is 23.6 Å². The molecule has 0 saturated carbocycles. The normalized spacial score (nSPS) is 15.6. The summed E-state index contributed by atoms with van der Waals surface area (Å²) in [6.07, 6.45) is 1.58. The van der Waals surface area contributed by atoms with Crippen molar-refractivity contribution in [3.8, 4) is 0 Å². The molecule has 1 fully saturated rings. The Balaban J connectivity index is 2.18. The number of aromatic nitrogens is 2. The van der Waals surface area contributed by atoms with E-state index in [9.17, 15) is 4.79 Å². The van der Waals surface area contributed by atoms with Crippen molar-refractivity contribution in [2.75, 3.05) is 18.1 Å². The third-order valence-corrected chi connectivity index (χ3v) is 3.77. The minimum atomic E-state index is -0.338. The fraction of sp³-hybridized carbons (Fsp3) is 0.545. The van der Waals surface area contributed by atoms with E-state index in [0.717, 1.165) is 17.3 Å². The second kappa shape index (κ2) is 4.82. The molecule has 16 heavy (non-hydrogen) atoms. The Bertz CT molecular complexity index is 405. The highest BCUT2D eigenvalue weighted by Gasteiger charge is 2.24. The molecule has 0 unspecified atom stereocenters. The van der Waals surface area contributed by atoms with Crippen molar-refractivity contribution in [3.63, 3.8) is 0 Å².